The summed E-state index contributed by atoms with van der Waals surface area (Å²) < 4.78 is 1.94. The Hall–Kier alpha value is -3.43. The van der Waals surface area contributed by atoms with E-state index in [9.17, 15) is 0 Å². The Morgan fingerprint density at radius 1 is 1.08 bits per heavy atom. The van der Waals surface area contributed by atoms with Crippen molar-refractivity contribution in [1.29, 1.82) is 0 Å². The van der Waals surface area contributed by atoms with Gasteiger partial charge in [0.25, 0.3) is 0 Å². The largest absolute Gasteiger partial charge is 0.324 e. The second kappa shape index (κ2) is 6.14. The number of nitrogens with one attached hydrogen (secondary N) is 2. The lowest BCUT2D eigenvalue weighted by atomic mass is 10.2. The highest BCUT2D eigenvalue weighted by molar-refractivity contribution is 5.71. The van der Waals surface area contributed by atoms with E-state index in [2.05, 4.69) is 46.2 Å². The highest BCUT2D eigenvalue weighted by Crippen LogP contribution is 2.30. The maximum absolute atomic E-state index is 4.62. The Morgan fingerprint density at radius 3 is 2.69 bits per heavy atom. The van der Waals surface area contributed by atoms with Crippen LogP contribution in [0.1, 0.15) is 31.7 Å². The molecule has 0 unspecified atom stereocenters. The zero-order chi connectivity index (χ0) is 17.3. The van der Waals surface area contributed by atoms with Gasteiger partial charge in [0, 0.05) is 11.3 Å². The number of hydrogen-bond donors (Lipinski definition) is 2. The van der Waals surface area contributed by atoms with Crippen molar-refractivity contribution >= 4 is 22.8 Å². The van der Waals surface area contributed by atoms with Gasteiger partial charge in [0.15, 0.2) is 11.2 Å². The summed E-state index contributed by atoms with van der Waals surface area (Å²) in [5.74, 6) is 1.08. The molecule has 1 fully saturated rings. The molecule has 1 aliphatic rings. The summed E-state index contributed by atoms with van der Waals surface area (Å²) in [4.78, 5) is 8.96. The molecule has 1 aromatic carbocycles. The van der Waals surface area contributed by atoms with E-state index in [1.54, 1.807) is 6.20 Å². The average Bonchev–Trinajstić information content (AvgIpc) is 3.43. The molecule has 3 aromatic heterocycles. The van der Waals surface area contributed by atoms with Crippen molar-refractivity contribution in [2.45, 2.75) is 31.7 Å². The minimum Gasteiger partial charge on any atom is -0.324 e. The molecule has 4 aromatic rings. The summed E-state index contributed by atoms with van der Waals surface area (Å²) in [7, 11) is 0. The van der Waals surface area contributed by atoms with Crippen LogP contribution in [0, 0.1) is 0 Å². The van der Waals surface area contributed by atoms with Crippen LogP contribution in [0.2, 0.25) is 0 Å². The summed E-state index contributed by atoms with van der Waals surface area (Å²) in [5.41, 5.74) is 3.24. The van der Waals surface area contributed by atoms with Crippen molar-refractivity contribution in [3.63, 3.8) is 0 Å². The van der Waals surface area contributed by atoms with Crippen LogP contribution in [-0.2, 0) is 0 Å². The summed E-state index contributed by atoms with van der Waals surface area (Å²) in [6.07, 6.45) is 6.42. The summed E-state index contributed by atoms with van der Waals surface area (Å²) in [5, 5.41) is 25.6. The van der Waals surface area contributed by atoms with Crippen molar-refractivity contribution in [2.24, 2.45) is 0 Å². The normalized spacial score (nSPS) is 14.9. The first-order valence-corrected chi connectivity index (χ1v) is 8.56. The zero-order valence-corrected chi connectivity index (χ0v) is 13.9. The van der Waals surface area contributed by atoms with Crippen molar-refractivity contribution in [1.82, 2.24) is 45.6 Å². The molecule has 0 bridgehead atoms. The van der Waals surface area contributed by atoms with E-state index in [1.807, 2.05) is 28.9 Å². The number of tetrazole rings is 1. The lowest BCUT2D eigenvalue weighted by molar-refractivity contribution is 0.464. The van der Waals surface area contributed by atoms with Gasteiger partial charge in [-0.1, -0.05) is 18.1 Å². The summed E-state index contributed by atoms with van der Waals surface area (Å²) in [6.45, 7) is 0. The van der Waals surface area contributed by atoms with E-state index in [-0.39, 0.29) is 0 Å². The molecule has 0 radical (unpaired) electrons. The minimum absolute atomic E-state index is 0.386. The molecule has 0 spiro atoms. The number of nitrogens with zero attached hydrogens (tertiary/aromatic N) is 8. The third-order valence-corrected chi connectivity index (χ3v) is 4.63. The van der Waals surface area contributed by atoms with Crippen LogP contribution >= 0.6 is 0 Å². The molecular weight excluding hydrogens is 332 g/mol. The second-order valence-corrected chi connectivity index (χ2v) is 6.31. The fourth-order valence-corrected chi connectivity index (χ4v) is 3.32. The van der Waals surface area contributed by atoms with Crippen LogP contribution in [0.5, 0.6) is 0 Å². The fraction of sp³-hybridized carbons (Fsp3) is 0.312. The van der Waals surface area contributed by atoms with Crippen LogP contribution < -0.4 is 5.32 Å². The molecule has 0 saturated heterocycles. The van der Waals surface area contributed by atoms with Gasteiger partial charge in [-0.15, -0.1) is 15.3 Å². The third kappa shape index (κ3) is 2.65. The number of rotatable bonds is 4. The highest BCUT2D eigenvalue weighted by Gasteiger charge is 2.21. The van der Waals surface area contributed by atoms with Gasteiger partial charge < -0.3 is 5.32 Å². The number of aromatic nitrogens is 9. The highest BCUT2D eigenvalue weighted by atomic mass is 15.5. The standard InChI is InChI=1S/C16H16N10/c1-2-4-12(3-1)26-15-13(20-25-26)9-17-16(19-15)18-11-7-5-10(6-8-11)14-21-23-24-22-14/h5-9,12H,1-4H2,(H,17,18,19)(H,21,22,23,24). The topological polar surface area (TPSA) is 123 Å². The molecule has 130 valence electrons. The fourth-order valence-electron chi connectivity index (χ4n) is 3.32. The summed E-state index contributed by atoms with van der Waals surface area (Å²) in [6, 6.07) is 8.06. The Bertz CT molecular complexity index is 1020. The van der Waals surface area contributed by atoms with E-state index in [4.69, 9.17) is 0 Å². The van der Waals surface area contributed by atoms with Gasteiger partial charge in [-0.25, -0.2) is 9.67 Å². The number of fused-ring (bicyclic) bond motifs is 1. The van der Waals surface area contributed by atoms with Gasteiger partial charge in [0.2, 0.25) is 11.8 Å². The number of aromatic amines is 1. The Kier molecular flexibility index (Phi) is 3.51. The first-order chi connectivity index (χ1) is 12.9. The molecule has 10 heteroatoms. The smallest absolute Gasteiger partial charge is 0.229 e. The average molecular weight is 348 g/mol. The monoisotopic (exact) mass is 348 g/mol. The molecule has 0 aliphatic heterocycles. The van der Waals surface area contributed by atoms with Gasteiger partial charge in [0.1, 0.15) is 0 Å². The first-order valence-electron chi connectivity index (χ1n) is 8.56. The van der Waals surface area contributed by atoms with Crippen LogP contribution in [0.25, 0.3) is 22.6 Å². The molecule has 3 heterocycles. The van der Waals surface area contributed by atoms with Crippen LogP contribution in [0.4, 0.5) is 11.6 Å². The SMILES string of the molecule is c1cc(-c2nn[nH]n2)ccc1Nc1ncc2nnn(C3CCCC3)c2n1. The predicted molar refractivity (Wildman–Crippen MR) is 93.5 cm³/mol. The maximum atomic E-state index is 4.62. The van der Waals surface area contributed by atoms with E-state index in [1.165, 1.54) is 12.8 Å². The lowest BCUT2D eigenvalue weighted by Gasteiger charge is -2.10. The van der Waals surface area contributed by atoms with E-state index >= 15 is 0 Å². The lowest BCUT2D eigenvalue weighted by Crippen LogP contribution is -2.08. The minimum atomic E-state index is 0.386. The van der Waals surface area contributed by atoms with Gasteiger partial charge in [-0.05, 0) is 42.3 Å². The number of anilines is 2. The van der Waals surface area contributed by atoms with Gasteiger partial charge in [-0.3, -0.25) is 0 Å². The second-order valence-electron chi connectivity index (χ2n) is 6.31. The Morgan fingerprint density at radius 2 is 1.92 bits per heavy atom. The predicted octanol–water partition coefficient (Wildman–Crippen LogP) is 2.26. The third-order valence-electron chi connectivity index (χ3n) is 4.63. The van der Waals surface area contributed by atoms with Crippen molar-refractivity contribution in [2.75, 3.05) is 5.32 Å². The molecule has 0 amide bonds. The quantitative estimate of drug-likeness (QED) is 0.575. The van der Waals surface area contributed by atoms with Crippen LogP contribution in [-0.4, -0.2) is 45.6 Å². The van der Waals surface area contributed by atoms with E-state index in [0.717, 1.165) is 35.3 Å². The van der Waals surface area contributed by atoms with Gasteiger partial charge >= 0.3 is 0 Å². The van der Waals surface area contributed by atoms with Gasteiger partial charge in [-0.2, -0.15) is 10.2 Å². The molecule has 1 saturated carbocycles. The molecule has 10 nitrogen and oxygen atoms in total. The number of H-pyrrole nitrogens is 1. The molecule has 2 N–H and O–H groups in total. The molecule has 26 heavy (non-hydrogen) atoms. The molecular formula is C16H16N10. The van der Waals surface area contributed by atoms with Crippen molar-refractivity contribution < 1.29 is 0 Å². The molecule has 1 aliphatic carbocycles. The number of benzene rings is 1. The molecule has 5 rings (SSSR count). The Balaban J connectivity index is 1.41. The van der Waals surface area contributed by atoms with Crippen LogP contribution in [0.15, 0.2) is 30.5 Å². The van der Waals surface area contributed by atoms with Crippen molar-refractivity contribution in [3.05, 3.63) is 30.5 Å². The number of hydrogen-bond acceptors (Lipinski definition) is 8. The Labute approximate surface area is 148 Å². The molecule has 0 atom stereocenters. The van der Waals surface area contributed by atoms with Crippen molar-refractivity contribution in [3.8, 4) is 11.4 Å². The van der Waals surface area contributed by atoms with E-state index in [0.29, 0.717) is 17.8 Å². The van der Waals surface area contributed by atoms with E-state index < -0.39 is 0 Å². The van der Waals surface area contributed by atoms with Gasteiger partial charge in [0.05, 0.1) is 12.2 Å². The van der Waals surface area contributed by atoms with Crippen LogP contribution in [0.3, 0.4) is 0 Å². The first kappa shape index (κ1) is 14.9. The zero-order valence-electron chi connectivity index (χ0n) is 13.9. The summed E-state index contributed by atoms with van der Waals surface area (Å²) >= 11 is 0. The maximum Gasteiger partial charge on any atom is 0.229 e.